The third-order valence-electron chi connectivity index (χ3n) is 5.77. The highest BCUT2D eigenvalue weighted by Crippen LogP contribution is 2.21. The maximum Gasteiger partial charge on any atom is 0.222 e. The number of carbonyl (C=O) groups is 1. The fourth-order valence-electron chi connectivity index (χ4n) is 4.16. The first-order valence-corrected chi connectivity index (χ1v) is 10.1. The monoisotopic (exact) mass is 368 g/mol. The SMILES string of the molecule is Cc1nn(-c2ccc(N3CCCC3)nn2)c(C)c1CCC(=O)N1CCCC1. The molecule has 2 saturated heterocycles. The minimum atomic E-state index is 0.258. The van der Waals surface area contributed by atoms with Crippen LogP contribution < -0.4 is 4.90 Å². The summed E-state index contributed by atoms with van der Waals surface area (Å²) >= 11 is 0. The number of likely N-dealkylation sites (tertiary alicyclic amines) is 1. The number of anilines is 1. The van der Waals surface area contributed by atoms with Crippen molar-refractivity contribution < 1.29 is 4.79 Å². The van der Waals surface area contributed by atoms with E-state index in [1.165, 1.54) is 12.8 Å². The summed E-state index contributed by atoms with van der Waals surface area (Å²) in [7, 11) is 0. The zero-order chi connectivity index (χ0) is 18.8. The van der Waals surface area contributed by atoms with Gasteiger partial charge in [-0.2, -0.15) is 5.10 Å². The lowest BCUT2D eigenvalue weighted by molar-refractivity contribution is -0.130. The van der Waals surface area contributed by atoms with E-state index in [-0.39, 0.29) is 5.91 Å². The van der Waals surface area contributed by atoms with Crippen molar-refractivity contribution in [3.8, 4) is 5.82 Å². The van der Waals surface area contributed by atoms with Crippen LogP contribution in [0.5, 0.6) is 0 Å². The smallest absolute Gasteiger partial charge is 0.222 e. The van der Waals surface area contributed by atoms with Gasteiger partial charge in [-0.1, -0.05) is 0 Å². The third-order valence-corrected chi connectivity index (χ3v) is 5.77. The van der Waals surface area contributed by atoms with Crippen molar-refractivity contribution in [2.45, 2.75) is 52.4 Å². The highest BCUT2D eigenvalue weighted by Gasteiger charge is 2.20. The molecule has 2 aliphatic rings. The van der Waals surface area contributed by atoms with Crippen molar-refractivity contribution in [1.29, 1.82) is 0 Å². The fourth-order valence-corrected chi connectivity index (χ4v) is 4.16. The Morgan fingerprint density at radius 1 is 0.963 bits per heavy atom. The molecule has 4 rings (SSSR count). The number of amides is 1. The van der Waals surface area contributed by atoms with E-state index < -0.39 is 0 Å². The number of hydrogen-bond acceptors (Lipinski definition) is 5. The van der Waals surface area contributed by atoms with E-state index in [4.69, 9.17) is 0 Å². The molecule has 7 nitrogen and oxygen atoms in total. The molecule has 0 aromatic carbocycles. The van der Waals surface area contributed by atoms with Gasteiger partial charge in [0.25, 0.3) is 0 Å². The topological polar surface area (TPSA) is 67.2 Å². The van der Waals surface area contributed by atoms with Crippen molar-refractivity contribution in [1.82, 2.24) is 24.9 Å². The summed E-state index contributed by atoms with van der Waals surface area (Å²) in [5, 5.41) is 13.5. The van der Waals surface area contributed by atoms with Crippen LogP contribution >= 0.6 is 0 Å². The Morgan fingerprint density at radius 3 is 2.26 bits per heavy atom. The predicted octanol–water partition coefficient (Wildman–Crippen LogP) is 2.43. The Morgan fingerprint density at radius 2 is 1.59 bits per heavy atom. The van der Waals surface area contributed by atoms with Gasteiger partial charge >= 0.3 is 0 Å². The van der Waals surface area contributed by atoms with Gasteiger partial charge in [0.15, 0.2) is 11.6 Å². The van der Waals surface area contributed by atoms with Crippen LogP contribution in [-0.4, -0.2) is 57.0 Å². The highest BCUT2D eigenvalue weighted by molar-refractivity contribution is 5.76. The molecule has 2 aromatic rings. The second-order valence-electron chi connectivity index (χ2n) is 7.59. The van der Waals surface area contributed by atoms with Gasteiger partial charge in [0.2, 0.25) is 5.91 Å². The molecule has 7 heteroatoms. The van der Waals surface area contributed by atoms with Crippen molar-refractivity contribution in [2.24, 2.45) is 0 Å². The van der Waals surface area contributed by atoms with E-state index >= 15 is 0 Å². The van der Waals surface area contributed by atoms with Crippen LogP contribution in [0.1, 0.15) is 49.1 Å². The lowest BCUT2D eigenvalue weighted by Crippen LogP contribution is -2.27. The van der Waals surface area contributed by atoms with Gasteiger partial charge in [-0.15, -0.1) is 10.2 Å². The van der Waals surface area contributed by atoms with E-state index in [0.29, 0.717) is 6.42 Å². The minimum absolute atomic E-state index is 0.258. The summed E-state index contributed by atoms with van der Waals surface area (Å²) in [6.45, 7) is 7.99. The molecule has 0 radical (unpaired) electrons. The van der Waals surface area contributed by atoms with Gasteiger partial charge in [-0.3, -0.25) is 4.79 Å². The van der Waals surface area contributed by atoms with Crippen molar-refractivity contribution in [3.63, 3.8) is 0 Å². The van der Waals surface area contributed by atoms with E-state index in [9.17, 15) is 4.79 Å². The number of hydrogen-bond donors (Lipinski definition) is 0. The predicted molar refractivity (Wildman–Crippen MR) is 104 cm³/mol. The molecule has 4 heterocycles. The van der Waals surface area contributed by atoms with Crippen LogP contribution in [0.4, 0.5) is 5.82 Å². The molecule has 0 N–H and O–H groups in total. The molecular formula is C20H28N6O. The Balaban J connectivity index is 1.47. The zero-order valence-corrected chi connectivity index (χ0v) is 16.3. The van der Waals surface area contributed by atoms with Crippen LogP contribution in [0, 0.1) is 13.8 Å². The summed E-state index contributed by atoms with van der Waals surface area (Å²) in [6, 6.07) is 4.01. The normalized spacial score (nSPS) is 17.1. The molecule has 0 atom stereocenters. The summed E-state index contributed by atoms with van der Waals surface area (Å²) in [5.41, 5.74) is 3.16. The summed E-state index contributed by atoms with van der Waals surface area (Å²) in [6.07, 6.45) is 5.99. The third kappa shape index (κ3) is 3.68. The van der Waals surface area contributed by atoms with Crippen LogP contribution in [-0.2, 0) is 11.2 Å². The van der Waals surface area contributed by atoms with E-state index in [2.05, 4.69) is 20.2 Å². The molecule has 144 valence electrons. The van der Waals surface area contributed by atoms with Gasteiger partial charge in [0.1, 0.15) is 0 Å². The first-order chi connectivity index (χ1) is 13.1. The van der Waals surface area contributed by atoms with Crippen molar-refractivity contribution >= 4 is 11.7 Å². The zero-order valence-electron chi connectivity index (χ0n) is 16.3. The Labute approximate surface area is 160 Å². The lowest BCUT2D eigenvalue weighted by atomic mass is 10.1. The summed E-state index contributed by atoms with van der Waals surface area (Å²) in [4.78, 5) is 16.6. The number of aromatic nitrogens is 4. The van der Waals surface area contributed by atoms with Gasteiger partial charge < -0.3 is 9.80 Å². The van der Waals surface area contributed by atoms with Crippen molar-refractivity contribution in [2.75, 3.05) is 31.1 Å². The highest BCUT2D eigenvalue weighted by atomic mass is 16.2. The van der Waals surface area contributed by atoms with E-state index in [1.54, 1.807) is 0 Å². The maximum absolute atomic E-state index is 12.4. The first kappa shape index (κ1) is 17.9. The summed E-state index contributed by atoms with van der Waals surface area (Å²) in [5.74, 6) is 1.93. The summed E-state index contributed by atoms with van der Waals surface area (Å²) < 4.78 is 1.85. The molecule has 0 bridgehead atoms. The molecule has 0 saturated carbocycles. The van der Waals surface area contributed by atoms with Gasteiger partial charge in [0.05, 0.1) is 5.69 Å². The molecule has 0 unspecified atom stereocenters. The van der Waals surface area contributed by atoms with E-state index in [0.717, 1.165) is 74.0 Å². The number of rotatable bonds is 5. The Hall–Kier alpha value is -2.44. The molecule has 2 aliphatic heterocycles. The second kappa shape index (κ2) is 7.66. The standard InChI is InChI=1S/C20H28N6O/c1-15-17(7-10-20(27)25-13-5-6-14-25)16(2)26(23-15)19-9-8-18(21-22-19)24-11-3-4-12-24/h8-9H,3-7,10-14H2,1-2H3. The Bertz CT molecular complexity index is 801. The number of aryl methyl sites for hydroxylation is 1. The minimum Gasteiger partial charge on any atom is -0.355 e. The van der Waals surface area contributed by atoms with Crippen LogP contribution in [0.3, 0.4) is 0 Å². The number of carbonyl (C=O) groups excluding carboxylic acids is 1. The molecule has 27 heavy (non-hydrogen) atoms. The quantitative estimate of drug-likeness (QED) is 0.811. The average Bonchev–Trinajstić information content (AvgIpc) is 3.43. The Kier molecular flexibility index (Phi) is 5.09. The molecule has 2 aromatic heterocycles. The van der Waals surface area contributed by atoms with Gasteiger partial charge in [-0.25, -0.2) is 4.68 Å². The first-order valence-electron chi connectivity index (χ1n) is 10.1. The molecule has 2 fully saturated rings. The van der Waals surface area contributed by atoms with Gasteiger partial charge in [0, 0.05) is 38.3 Å². The molecule has 0 spiro atoms. The lowest BCUT2D eigenvalue weighted by Gasteiger charge is -2.15. The van der Waals surface area contributed by atoms with Crippen LogP contribution in [0.25, 0.3) is 5.82 Å². The second-order valence-corrected chi connectivity index (χ2v) is 7.59. The fraction of sp³-hybridized carbons (Fsp3) is 0.600. The maximum atomic E-state index is 12.4. The molecule has 1 amide bonds. The van der Waals surface area contributed by atoms with Crippen LogP contribution in [0.2, 0.25) is 0 Å². The molecule has 0 aliphatic carbocycles. The number of nitrogens with zero attached hydrogens (tertiary/aromatic N) is 6. The van der Waals surface area contributed by atoms with E-state index in [1.807, 2.05) is 35.6 Å². The largest absolute Gasteiger partial charge is 0.355 e. The van der Waals surface area contributed by atoms with Gasteiger partial charge in [-0.05, 0) is 63.6 Å². The molecular weight excluding hydrogens is 340 g/mol. The average molecular weight is 368 g/mol. The van der Waals surface area contributed by atoms with Crippen LogP contribution in [0.15, 0.2) is 12.1 Å². The van der Waals surface area contributed by atoms with Crippen molar-refractivity contribution in [3.05, 3.63) is 29.1 Å².